The fourth-order valence-electron chi connectivity index (χ4n) is 2.47. The summed E-state index contributed by atoms with van der Waals surface area (Å²) in [5.41, 5.74) is 5.57. The third kappa shape index (κ3) is 8.27. The normalized spacial score (nSPS) is 9.91. The van der Waals surface area contributed by atoms with Crippen molar-refractivity contribution in [2.45, 2.75) is 19.3 Å². The molecule has 0 radical (unpaired) electrons. The van der Waals surface area contributed by atoms with Gasteiger partial charge in [-0.1, -0.05) is 18.2 Å². The molecule has 0 unspecified atom stereocenters. The van der Waals surface area contributed by atoms with Gasteiger partial charge in [-0.25, -0.2) is 4.79 Å². The number of anilines is 1. The zero-order valence-electron chi connectivity index (χ0n) is 17.4. The molecule has 168 valence electrons. The SMILES string of the molecule is COC(=O)c1ccc(NC(=O)CCCC(=O)OCC(=O)NNC(=O)c2ccccc2)cc1. The second-order valence-electron chi connectivity index (χ2n) is 6.50. The van der Waals surface area contributed by atoms with E-state index in [1.165, 1.54) is 19.2 Å². The fourth-order valence-corrected chi connectivity index (χ4v) is 2.47. The summed E-state index contributed by atoms with van der Waals surface area (Å²) in [7, 11) is 1.28. The van der Waals surface area contributed by atoms with Gasteiger partial charge >= 0.3 is 11.9 Å². The lowest BCUT2D eigenvalue weighted by atomic mass is 10.2. The molecular formula is C22H23N3O7. The van der Waals surface area contributed by atoms with E-state index in [-0.39, 0.29) is 25.2 Å². The maximum Gasteiger partial charge on any atom is 0.337 e. The standard InChI is InChI=1S/C22H23N3O7/c1-31-22(30)16-10-12-17(13-11-16)23-18(26)8-5-9-20(28)32-14-19(27)24-25-21(29)15-6-3-2-4-7-15/h2-4,6-7,10-13H,5,8-9,14H2,1H3,(H,23,26)(H,24,27)(H,25,29). The van der Waals surface area contributed by atoms with Crippen molar-refractivity contribution in [1.29, 1.82) is 0 Å². The topological polar surface area (TPSA) is 140 Å². The van der Waals surface area contributed by atoms with Gasteiger partial charge < -0.3 is 14.8 Å². The van der Waals surface area contributed by atoms with Gasteiger partial charge in [0, 0.05) is 24.1 Å². The molecule has 32 heavy (non-hydrogen) atoms. The number of esters is 2. The molecule has 10 nitrogen and oxygen atoms in total. The molecule has 3 amide bonds. The molecule has 2 aromatic carbocycles. The molecule has 0 atom stereocenters. The van der Waals surface area contributed by atoms with Gasteiger partial charge in [-0.2, -0.15) is 0 Å². The van der Waals surface area contributed by atoms with Crippen LogP contribution in [0.15, 0.2) is 54.6 Å². The van der Waals surface area contributed by atoms with Gasteiger partial charge in [-0.05, 0) is 42.8 Å². The summed E-state index contributed by atoms with van der Waals surface area (Å²) in [5, 5.41) is 2.64. The summed E-state index contributed by atoms with van der Waals surface area (Å²) in [5.74, 6) is -2.64. The van der Waals surface area contributed by atoms with E-state index in [2.05, 4.69) is 20.9 Å². The molecule has 0 saturated heterocycles. The van der Waals surface area contributed by atoms with Crippen LogP contribution in [-0.4, -0.2) is 43.4 Å². The highest BCUT2D eigenvalue weighted by molar-refractivity contribution is 5.95. The minimum Gasteiger partial charge on any atom is -0.465 e. The predicted octanol–water partition coefficient (Wildman–Crippen LogP) is 1.59. The van der Waals surface area contributed by atoms with E-state index in [1.54, 1.807) is 42.5 Å². The Labute approximate surface area is 184 Å². The van der Waals surface area contributed by atoms with Crippen LogP contribution in [0, 0.1) is 0 Å². The van der Waals surface area contributed by atoms with Crippen LogP contribution in [0.5, 0.6) is 0 Å². The molecule has 0 fully saturated rings. The van der Waals surface area contributed by atoms with Gasteiger partial charge in [0.1, 0.15) is 0 Å². The Kier molecular flexibility index (Phi) is 9.38. The van der Waals surface area contributed by atoms with Crippen molar-refractivity contribution in [2.24, 2.45) is 0 Å². The highest BCUT2D eigenvalue weighted by atomic mass is 16.5. The summed E-state index contributed by atoms with van der Waals surface area (Å²) < 4.78 is 9.41. The fraction of sp³-hybridized carbons (Fsp3) is 0.227. The minimum absolute atomic E-state index is 0.0572. The number of hydrazine groups is 1. The van der Waals surface area contributed by atoms with Crippen LogP contribution in [0.4, 0.5) is 5.69 Å². The molecule has 0 saturated carbocycles. The van der Waals surface area contributed by atoms with Crippen molar-refractivity contribution in [1.82, 2.24) is 10.9 Å². The maximum absolute atomic E-state index is 11.9. The number of benzene rings is 2. The monoisotopic (exact) mass is 441 g/mol. The Bertz CT molecular complexity index is 959. The molecule has 2 aromatic rings. The van der Waals surface area contributed by atoms with E-state index in [9.17, 15) is 24.0 Å². The second kappa shape index (κ2) is 12.5. The lowest BCUT2D eigenvalue weighted by Crippen LogP contribution is -2.43. The molecule has 0 bridgehead atoms. The lowest BCUT2D eigenvalue weighted by Gasteiger charge is -2.08. The molecule has 2 rings (SSSR count). The average Bonchev–Trinajstić information content (AvgIpc) is 2.81. The van der Waals surface area contributed by atoms with Crippen molar-refractivity contribution in [3.63, 3.8) is 0 Å². The zero-order valence-corrected chi connectivity index (χ0v) is 17.4. The Morgan fingerprint density at radius 2 is 1.47 bits per heavy atom. The van der Waals surface area contributed by atoms with Crippen molar-refractivity contribution in [3.8, 4) is 0 Å². The Hall–Kier alpha value is -4.21. The van der Waals surface area contributed by atoms with Gasteiger partial charge in [0.15, 0.2) is 6.61 Å². The van der Waals surface area contributed by atoms with Crippen molar-refractivity contribution < 1.29 is 33.4 Å². The number of carbonyl (C=O) groups excluding carboxylic acids is 5. The first-order valence-corrected chi connectivity index (χ1v) is 9.67. The van der Waals surface area contributed by atoms with Gasteiger partial charge in [0.05, 0.1) is 12.7 Å². The van der Waals surface area contributed by atoms with Crippen LogP contribution in [0.2, 0.25) is 0 Å². The lowest BCUT2D eigenvalue weighted by molar-refractivity contribution is -0.148. The van der Waals surface area contributed by atoms with E-state index in [4.69, 9.17) is 4.74 Å². The molecule has 0 aliphatic heterocycles. The van der Waals surface area contributed by atoms with Crippen molar-refractivity contribution >= 4 is 35.3 Å². The van der Waals surface area contributed by atoms with Crippen LogP contribution in [-0.2, 0) is 23.9 Å². The van der Waals surface area contributed by atoms with E-state index in [1.807, 2.05) is 0 Å². The largest absolute Gasteiger partial charge is 0.465 e. The van der Waals surface area contributed by atoms with Gasteiger partial charge in [-0.15, -0.1) is 0 Å². The van der Waals surface area contributed by atoms with E-state index < -0.39 is 30.4 Å². The number of methoxy groups -OCH3 is 1. The first-order valence-electron chi connectivity index (χ1n) is 9.67. The first-order chi connectivity index (χ1) is 15.4. The highest BCUT2D eigenvalue weighted by Crippen LogP contribution is 2.11. The van der Waals surface area contributed by atoms with Gasteiger partial charge in [-0.3, -0.25) is 30.0 Å². The third-order valence-electron chi connectivity index (χ3n) is 4.09. The molecule has 10 heteroatoms. The molecule has 0 aliphatic rings. The first kappa shape index (κ1) is 24.1. The van der Waals surface area contributed by atoms with Crippen molar-refractivity contribution in [2.75, 3.05) is 19.0 Å². The number of nitrogens with one attached hydrogen (secondary N) is 3. The summed E-state index contributed by atoms with van der Waals surface area (Å²) in [6.07, 6.45) is 0.225. The van der Waals surface area contributed by atoms with Gasteiger partial charge in [0.25, 0.3) is 11.8 Å². The molecule has 0 heterocycles. The molecular weight excluding hydrogens is 418 g/mol. The van der Waals surface area contributed by atoms with Crippen LogP contribution in [0.1, 0.15) is 40.0 Å². The predicted molar refractivity (Wildman–Crippen MR) is 113 cm³/mol. The molecule has 0 aromatic heterocycles. The summed E-state index contributed by atoms with van der Waals surface area (Å²) in [6, 6.07) is 14.4. The van der Waals surface area contributed by atoms with E-state index in [0.717, 1.165) is 0 Å². The maximum atomic E-state index is 11.9. The Balaban J connectivity index is 1.60. The number of amides is 3. The molecule has 3 N–H and O–H groups in total. The number of rotatable bonds is 9. The Morgan fingerprint density at radius 1 is 0.781 bits per heavy atom. The van der Waals surface area contributed by atoms with Crippen molar-refractivity contribution in [3.05, 3.63) is 65.7 Å². The summed E-state index contributed by atoms with van der Waals surface area (Å²) in [4.78, 5) is 58.5. The van der Waals surface area contributed by atoms with Crippen LogP contribution in [0.25, 0.3) is 0 Å². The summed E-state index contributed by atoms with van der Waals surface area (Å²) >= 11 is 0. The number of carbonyl (C=O) groups is 5. The summed E-state index contributed by atoms with van der Waals surface area (Å²) in [6.45, 7) is -0.563. The second-order valence-corrected chi connectivity index (χ2v) is 6.50. The van der Waals surface area contributed by atoms with E-state index in [0.29, 0.717) is 16.8 Å². The van der Waals surface area contributed by atoms with Gasteiger partial charge in [0.2, 0.25) is 5.91 Å². The zero-order chi connectivity index (χ0) is 23.3. The molecule has 0 spiro atoms. The smallest absolute Gasteiger partial charge is 0.337 e. The van der Waals surface area contributed by atoms with Crippen LogP contribution >= 0.6 is 0 Å². The third-order valence-corrected chi connectivity index (χ3v) is 4.09. The Morgan fingerprint density at radius 3 is 2.12 bits per heavy atom. The minimum atomic E-state index is -0.698. The number of ether oxygens (including phenoxy) is 2. The van der Waals surface area contributed by atoms with E-state index >= 15 is 0 Å². The highest BCUT2D eigenvalue weighted by Gasteiger charge is 2.11. The molecule has 0 aliphatic carbocycles. The van der Waals surface area contributed by atoms with Crippen LogP contribution < -0.4 is 16.2 Å². The quantitative estimate of drug-likeness (QED) is 0.396. The average molecular weight is 441 g/mol. The van der Waals surface area contributed by atoms with Crippen LogP contribution in [0.3, 0.4) is 0 Å². The number of hydrogen-bond acceptors (Lipinski definition) is 7. The number of hydrogen-bond donors (Lipinski definition) is 3.